The van der Waals surface area contributed by atoms with E-state index in [2.05, 4.69) is 32.5 Å². The van der Waals surface area contributed by atoms with Crippen molar-refractivity contribution >= 4 is 40.8 Å². The van der Waals surface area contributed by atoms with Gasteiger partial charge in [0.15, 0.2) is 0 Å². The van der Waals surface area contributed by atoms with Crippen LogP contribution >= 0.6 is 23.2 Å². The molecular weight excluding hydrogens is 313 g/mol. The molecule has 0 saturated heterocycles. The molecule has 1 heterocycles. The molecule has 0 saturated carbocycles. The van der Waals surface area contributed by atoms with E-state index in [0.717, 1.165) is 18.7 Å². The van der Waals surface area contributed by atoms with Crippen LogP contribution in [0.5, 0.6) is 6.01 Å². The molecule has 1 aromatic heterocycles. The number of halogens is 2. The molecule has 0 spiro atoms. The zero-order chi connectivity index (χ0) is 15.2. The summed E-state index contributed by atoms with van der Waals surface area (Å²) in [5.41, 5.74) is 0.721. The minimum Gasteiger partial charge on any atom is -0.467 e. The molecule has 2 rings (SSSR count). The first-order chi connectivity index (χ1) is 10.1. The monoisotopic (exact) mass is 327 g/mol. The van der Waals surface area contributed by atoms with Crippen molar-refractivity contribution in [3.8, 4) is 6.01 Å². The topological polar surface area (TPSA) is 72.0 Å². The van der Waals surface area contributed by atoms with E-state index in [1.807, 2.05) is 0 Å². The molecule has 112 valence electrons. The van der Waals surface area contributed by atoms with E-state index >= 15 is 0 Å². The average Bonchev–Trinajstić information content (AvgIpc) is 2.48. The van der Waals surface area contributed by atoms with Gasteiger partial charge < -0.3 is 15.4 Å². The molecule has 21 heavy (non-hydrogen) atoms. The van der Waals surface area contributed by atoms with Crippen LogP contribution in [0.3, 0.4) is 0 Å². The molecule has 0 unspecified atom stereocenters. The van der Waals surface area contributed by atoms with Crippen LogP contribution in [0, 0.1) is 0 Å². The third-order valence-corrected chi connectivity index (χ3v) is 3.25. The number of methoxy groups -OCH3 is 1. The fraction of sp³-hybridized carbons (Fsp3) is 0.308. The van der Waals surface area contributed by atoms with Gasteiger partial charge in [0.25, 0.3) is 0 Å². The van der Waals surface area contributed by atoms with Crippen molar-refractivity contribution in [2.75, 3.05) is 24.3 Å². The van der Waals surface area contributed by atoms with Gasteiger partial charge in [-0.25, -0.2) is 0 Å². The summed E-state index contributed by atoms with van der Waals surface area (Å²) in [5.74, 6) is 0.810. The number of rotatable bonds is 6. The van der Waals surface area contributed by atoms with Crippen molar-refractivity contribution in [1.29, 1.82) is 0 Å². The summed E-state index contributed by atoms with van der Waals surface area (Å²) >= 11 is 11.9. The quantitative estimate of drug-likeness (QED) is 0.841. The molecule has 0 aliphatic carbocycles. The molecule has 1 aromatic carbocycles. The van der Waals surface area contributed by atoms with Gasteiger partial charge in [-0.2, -0.15) is 15.0 Å². The van der Waals surface area contributed by atoms with Gasteiger partial charge in [-0.1, -0.05) is 30.1 Å². The van der Waals surface area contributed by atoms with E-state index in [1.165, 1.54) is 7.11 Å². The molecule has 0 amide bonds. The number of benzene rings is 1. The number of anilines is 3. The van der Waals surface area contributed by atoms with E-state index in [4.69, 9.17) is 27.9 Å². The van der Waals surface area contributed by atoms with Gasteiger partial charge in [0, 0.05) is 12.2 Å². The Balaban J connectivity index is 2.23. The van der Waals surface area contributed by atoms with E-state index < -0.39 is 0 Å². The molecule has 2 N–H and O–H groups in total. The van der Waals surface area contributed by atoms with E-state index in [1.54, 1.807) is 18.2 Å². The summed E-state index contributed by atoms with van der Waals surface area (Å²) in [6.45, 7) is 2.82. The van der Waals surface area contributed by atoms with Gasteiger partial charge in [-0.15, -0.1) is 0 Å². The zero-order valence-electron chi connectivity index (χ0n) is 11.7. The summed E-state index contributed by atoms with van der Waals surface area (Å²) in [6.07, 6.45) is 0.962. The number of nitrogens with zero attached hydrogens (tertiary/aromatic N) is 3. The Kier molecular flexibility index (Phi) is 5.41. The average molecular weight is 328 g/mol. The Labute approximate surface area is 132 Å². The van der Waals surface area contributed by atoms with Crippen molar-refractivity contribution in [3.63, 3.8) is 0 Å². The maximum Gasteiger partial charge on any atom is 0.322 e. The normalized spacial score (nSPS) is 10.3. The van der Waals surface area contributed by atoms with Crippen molar-refractivity contribution in [2.45, 2.75) is 13.3 Å². The zero-order valence-corrected chi connectivity index (χ0v) is 13.2. The SMILES string of the molecule is CCCNc1nc(Nc2ccc(Cl)c(Cl)c2)nc(OC)n1. The van der Waals surface area contributed by atoms with Gasteiger partial charge >= 0.3 is 6.01 Å². The first kappa shape index (κ1) is 15.6. The van der Waals surface area contributed by atoms with E-state index in [9.17, 15) is 0 Å². The van der Waals surface area contributed by atoms with Crippen molar-refractivity contribution in [3.05, 3.63) is 28.2 Å². The summed E-state index contributed by atoms with van der Waals surface area (Å²) in [5, 5.41) is 7.06. The standard InChI is InChI=1S/C13H15Cl2N5O/c1-3-6-16-11-18-12(20-13(19-11)21-2)17-8-4-5-9(14)10(15)7-8/h4-5,7H,3,6H2,1-2H3,(H2,16,17,18,19,20). The Bertz CT molecular complexity index is 624. The van der Waals surface area contributed by atoms with E-state index in [0.29, 0.717) is 21.9 Å². The highest BCUT2D eigenvalue weighted by Crippen LogP contribution is 2.26. The summed E-state index contributed by atoms with van der Waals surface area (Å²) in [7, 11) is 1.50. The van der Waals surface area contributed by atoms with Gasteiger partial charge in [0.05, 0.1) is 17.2 Å². The molecule has 2 aromatic rings. The van der Waals surface area contributed by atoms with Crippen LogP contribution in [0.4, 0.5) is 17.6 Å². The molecule has 0 aliphatic heterocycles. The van der Waals surface area contributed by atoms with Crippen molar-refractivity contribution in [2.24, 2.45) is 0 Å². The van der Waals surface area contributed by atoms with Gasteiger partial charge in [-0.3, -0.25) is 0 Å². The van der Waals surface area contributed by atoms with Crippen LogP contribution in [0.25, 0.3) is 0 Å². The highest BCUT2D eigenvalue weighted by Gasteiger charge is 2.07. The third-order valence-electron chi connectivity index (χ3n) is 2.51. The first-order valence-corrected chi connectivity index (χ1v) is 7.14. The Morgan fingerprint density at radius 2 is 1.86 bits per heavy atom. The van der Waals surface area contributed by atoms with Crippen LogP contribution in [0.15, 0.2) is 18.2 Å². The van der Waals surface area contributed by atoms with Crippen LogP contribution in [0.1, 0.15) is 13.3 Å². The molecule has 0 aliphatic rings. The van der Waals surface area contributed by atoms with Crippen molar-refractivity contribution < 1.29 is 4.74 Å². The fourth-order valence-corrected chi connectivity index (χ4v) is 1.82. The summed E-state index contributed by atoms with van der Waals surface area (Å²) in [6, 6.07) is 5.40. The first-order valence-electron chi connectivity index (χ1n) is 6.38. The molecule has 6 nitrogen and oxygen atoms in total. The minimum absolute atomic E-state index is 0.228. The maximum atomic E-state index is 5.98. The predicted octanol–water partition coefficient (Wildman–Crippen LogP) is 3.75. The van der Waals surface area contributed by atoms with Crippen LogP contribution < -0.4 is 15.4 Å². The minimum atomic E-state index is 0.228. The van der Waals surface area contributed by atoms with Gasteiger partial charge in [-0.05, 0) is 24.6 Å². The highest BCUT2D eigenvalue weighted by molar-refractivity contribution is 6.42. The number of hydrogen-bond donors (Lipinski definition) is 2. The second kappa shape index (κ2) is 7.28. The summed E-state index contributed by atoms with van der Waals surface area (Å²) < 4.78 is 5.07. The molecule has 0 bridgehead atoms. The largest absolute Gasteiger partial charge is 0.467 e. The molecule has 0 fully saturated rings. The fourth-order valence-electron chi connectivity index (χ4n) is 1.52. The van der Waals surface area contributed by atoms with Crippen LogP contribution in [-0.4, -0.2) is 28.6 Å². The van der Waals surface area contributed by atoms with Gasteiger partial charge in [0.2, 0.25) is 11.9 Å². The summed E-state index contributed by atoms with van der Waals surface area (Å²) in [4.78, 5) is 12.5. The molecule has 0 radical (unpaired) electrons. The second-order valence-electron chi connectivity index (χ2n) is 4.15. The molecule has 8 heteroatoms. The number of ether oxygens (including phenoxy) is 1. The Morgan fingerprint density at radius 1 is 1.10 bits per heavy atom. The second-order valence-corrected chi connectivity index (χ2v) is 4.96. The maximum absolute atomic E-state index is 5.98. The smallest absolute Gasteiger partial charge is 0.322 e. The lowest BCUT2D eigenvalue weighted by molar-refractivity contribution is 0.379. The Morgan fingerprint density at radius 3 is 2.52 bits per heavy atom. The van der Waals surface area contributed by atoms with Crippen LogP contribution in [-0.2, 0) is 0 Å². The third kappa shape index (κ3) is 4.34. The lowest BCUT2D eigenvalue weighted by Crippen LogP contribution is -2.08. The number of aromatic nitrogens is 3. The molecular formula is C13H15Cl2N5O. The highest BCUT2D eigenvalue weighted by atomic mass is 35.5. The Hall–Kier alpha value is -1.79. The lowest BCUT2D eigenvalue weighted by atomic mass is 10.3. The number of hydrogen-bond acceptors (Lipinski definition) is 6. The van der Waals surface area contributed by atoms with Gasteiger partial charge in [0.1, 0.15) is 0 Å². The molecule has 0 atom stereocenters. The lowest BCUT2D eigenvalue weighted by Gasteiger charge is -2.09. The predicted molar refractivity (Wildman–Crippen MR) is 84.9 cm³/mol. The van der Waals surface area contributed by atoms with Crippen LogP contribution in [0.2, 0.25) is 10.0 Å². The number of nitrogens with one attached hydrogen (secondary N) is 2. The van der Waals surface area contributed by atoms with E-state index in [-0.39, 0.29) is 6.01 Å². The van der Waals surface area contributed by atoms with Crippen molar-refractivity contribution in [1.82, 2.24) is 15.0 Å².